The highest BCUT2D eigenvalue weighted by Crippen LogP contribution is 2.23. The van der Waals surface area contributed by atoms with E-state index in [4.69, 9.17) is 4.74 Å². The van der Waals surface area contributed by atoms with Gasteiger partial charge in [-0.05, 0) is 74.6 Å². The molecule has 2 aliphatic rings. The van der Waals surface area contributed by atoms with Gasteiger partial charge in [0.25, 0.3) is 5.91 Å². The van der Waals surface area contributed by atoms with E-state index in [1.54, 1.807) is 0 Å². The van der Waals surface area contributed by atoms with E-state index in [0.717, 1.165) is 38.0 Å². The summed E-state index contributed by atoms with van der Waals surface area (Å²) in [5, 5.41) is 0. The zero-order valence-corrected chi connectivity index (χ0v) is 13.6. The molecule has 22 heavy (non-hydrogen) atoms. The predicted molar refractivity (Wildman–Crippen MR) is 88.3 cm³/mol. The fraction of sp³-hybridized carbons (Fsp3) is 0.632. The van der Waals surface area contributed by atoms with Gasteiger partial charge >= 0.3 is 0 Å². The first-order valence-corrected chi connectivity index (χ1v) is 8.73. The van der Waals surface area contributed by atoms with Gasteiger partial charge in [0.15, 0.2) is 0 Å². The molecule has 1 heterocycles. The number of carbonyl (C=O) groups excluding carboxylic acids is 1. The van der Waals surface area contributed by atoms with Crippen LogP contribution in [-0.4, -0.2) is 37.1 Å². The molecule has 3 nitrogen and oxygen atoms in total. The van der Waals surface area contributed by atoms with Crippen LogP contribution in [0.3, 0.4) is 0 Å². The summed E-state index contributed by atoms with van der Waals surface area (Å²) in [6.07, 6.45) is 9.72. The van der Waals surface area contributed by atoms with E-state index < -0.39 is 0 Å². The molecule has 1 atom stereocenters. The van der Waals surface area contributed by atoms with Crippen molar-refractivity contribution in [3.05, 3.63) is 34.9 Å². The van der Waals surface area contributed by atoms with Gasteiger partial charge in [0, 0.05) is 25.8 Å². The number of carbonyl (C=O) groups is 1. The van der Waals surface area contributed by atoms with Gasteiger partial charge in [-0.1, -0.05) is 6.07 Å². The molecular weight excluding hydrogens is 274 g/mol. The zero-order valence-electron chi connectivity index (χ0n) is 13.6. The van der Waals surface area contributed by atoms with Crippen LogP contribution >= 0.6 is 0 Å². The van der Waals surface area contributed by atoms with Gasteiger partial charge in [-0.2, -0.15) is 0 Å². The van der Waals surface area contributed by atoms with Crippen LogP contribution in [0.1, 0.15) is 60.0 Å². The van der Waals surface area contributed by atoms with Gasteiger partial charge in [-0.15, -0.1) is 0 Å². The zero-order chi connectivity index (χ0) is 15.4. The van der Waals surface area contributed by atoms with Crippen molar-refractivity contribution in [3.63, 3.8) is 0 Å². The normalized spacial score (nSPS) is 20.7. The van der Waals surface area contributed by atoms with Crippen molar-refractivity contribution < 1.29 is 9.53 Å². The first kappa shape index (κ1) is 15.5. The Morgan fingerprint density at radius 1 is 1.23 bits per heavy atom. The Labute approximate surface area is 133 Å². The van der Waals surface area contributed by atoms with Crippen LogP contribution in [0.4, 0.5) is 0 Å². The molecule has 1 aromatic carbocycles. The van der Waals surface area contributed by atoms with Crippen LogP contribution in [-0.2, 0) is 17.6 Å². The molecule has 0 aromatic heterocycles. The Bertz CT molecular complexity index is 520. The molecule has 3 rings (SSSR count). The summed E-state index contributed by atoms with van der Waals surface area (Å²) < 4.78 is 5.64. The molecule has 0 radical (unpaired) electrons. The second-order valence-electron chi connectivity index (χ2n) is 6.69. The summed E-state index contributed by atoms with van der Waals surface area (Å²) in [6.45, 7) is 1.73. The minimum atomic E-state index is 0.153. The SMILES string of the molecule is CN(CCC[C@@H]1CCCO1)C(=O)c1ccc2c(c1)CCCC2. The maximum absolute atomic E-state index is 12.6. The van der Waals surface area contributed by atoms with Gasteiger partial charge in [0.05, 0.1) is 6.10 Å². The van der Waals surface area contributed by atoms with Crippen molar-refractivity contribution in [2.75, 3.05) is 20.2 Å². The minimum Gasteiger partial charge on any atom is -0.378 e. The third-order valence-corrected chi connectivity index (χ3v) is 4.99. The Balaban J connectivity index is 1.53. The maximum atomic E-state index is 12.6. The number of ether oxygens (including phenoxy) is 1. The van der Waals surface area contributed by atoms with Crippen LogP contribution in [0, 0.1) is 0 Å². The predicted octanol–water partition coefficient (Wildman–Crippen LogP) is 3.60. The van der Waals surface area contributed by atoms with E-state index in [2.05, 4.69) is 12.1 Å². The maximum Gasteiger partial charge on any atom is 0.253 e. The molecule has 120 valence electrons. The van der Waals surface area contributed by atoms with Gasteiger partial charge in [-0.3, -0.25) is 4.79 Å². The number of amides is 1. The molecule has 1 aromatic rings. The second kappa shape index (κ2) is 7.28. The lowest BCUT2D eigenvalue weighted by Crippen LogP contribution is -2.28. The average Bonchev–Trinajstić information content (AvgIpc) is 3.07. The minimum absolute atomic E-state index is 0.153. The first-order chi connectivity index (χ1) is 10.7. The number of nitrogens with zero attached hydrogens (tertiary/aromatic N) is 1. The van der Waals surface area contributed by atoms with Gasteiger partial charge < -0.3 is 9.64 Å². The molecule has 0 unspecified atom stereocenters. The number of fused-ring (bicyclic) bond motifs is 1. The van der Waals surface area contributed by atoms with E-state index in [-0.39, 0.29) is 5.91 Å². The van der Waals surface area contributed by atoms with E-state index in [0.29, 0.717) is 6.10 Å². The Morgan fingerprint density at radius 3 is 2.82 bits per heavy atom. The smallest absolute Gasteiger partial charge is 0.253 e. The van der Waals surface area contributed by atoms with Crippen LogP contribution < -0.4 is 0 Å². The molecule has 1 saturated heterocycles. The molecular formula is C19H27NO2. The van der Waals surface area contributed by atoms with E-state index in [1.807, 2.05) is 18.0 Å². The molecule has 0 bridgehead atoms. The Hall–Kier alpha value is -1.35. The van der Waals surface area contributed by atoms with E-state index >= 15 is 0 Å². The summed E-state index contributed by atoms with van der Waals surface area (Å²) >= 11 is 0. The molecule has 1 amide bonds. The molecule has 3 heteroatoms. The summed E-state index contributed by atoms with van der Waals surface area (Å²) in [6, 6.07) is 6.28. The highest BCUT2D eigenvalue weighted by Gasteiger charge is 2.18. The van der Waals surface area contributed by atoms with E-state index in [1.165, 1.54) is 43.2 Å². The Morgan fingerprint density at radius 2 is 2.05 bits per heavy atom. The highest BCUT2D eigenvalue weighted by atomic mass is 16.5. The molecule has 0 saturated carbocycles. The molecule has 1 aliphatic heterocycles. The van der Waals surface area contributed by atoms with Crippen molar-refractivity contribution in [2.45, 2.75) is 57.5 Å². The Kier molecular flexibility index (Phi) is 5.14. The lowest BCUT2D eigenvalue weighted by Gasteiger charge is -2.20. The van der Waals surface area contributed by atoms with Crippen molar-refractivity contribution in [1.82, 2.24) is 4.90 Å². The molecule has 1 fully saturated rings. The van der Waals surface area contributed by atoms with Gasteiger partial charge in [-0.25, -0.2) is 0 Å². The fourth-order valence-electron chi connectivity index (χ4n) is 3.62. The van der Waals surface area contributed by atoms with Crippen LogP contribution in [0.25, 0.3) is 0 Å². The summed E-state index contributed by atoms with van der Waals surface area (Å²) in [5.74, 6) is 0.153. The monoisotopic (exact) mass is 301 g/mol. The van der Waals surface area contributed by atoms with Crippen LogP contribution in [0.15, 0.2) is 18.2 Å². The third-order valence-electron chi connectivity index (χ3n) is 4.99. The second-order valence-corrected chi connectivity index (χ2v) is 6.69. The summed E-state index contributed by atoms with van der Waals surface area (Å²) in [5.41, 5.74) is 3.66. The first-order valence-electron chi connectivity index (χ1n) is 8.73. The fourth-order valence-corrected chi connectivity index (χ4v) is 3.62. The van der Waals surface area contributed by atoms with E-state index in [9.17, 15) is 4.79 Å². The van der Waals surface area contributed by atoms with Gasteiger partial charge in [0.1, 0.15) is 0 Å². The van der Waals surface area contributed by atoms with Crippen molar-refractivity contribution in [2.24, 2.45) is 0 Å². The standard InChI is InChI=1S/C19H27NO2/c1-20(12-4-8-18-9-5-13-22-18)19(21)17-11-10-15-6-2-3-7-16(15)14-17/h10-11,14,18H,2-9,12-13H2,1H3/t18-/m1/s1. The van der Waals surface area contributed by atoms with Crippen molar-refractivity contribution >= 4 is 5.91 Å². The quantitative estimate of drug-likeness (QED) is 0.831. The van der Waals surface area contributed by atoms with Crippen molar-refractivity contribution in [1.29, 1.82) is 0 Å². The third kappa shape index (κ3) is 3.70. The van der Waals surface area contributed by atoms with Crippen molar-refractivity contribution in [3.8, 4) is 0 Å². The number of aryl methyl sites for hydroxylation is 2. The lowest BCUT2D eigenvalue weighted by molar-refractivity contribution is 0.0763. The number of benzene rings is 1. The summed E-state index contributed by atoms with van der Waals surface area (Å²) in [4.78, 5) is 14.4. The van der Waals surface area contributed by atoms with Crippen LogP contribution in [0.5, 0.6) is 0 Å². The number of hydrogen-bond donors (Lipinski definition) is 0. The molecule has 0 N–H and O–H groups in total. The lowest BCUT2D eigenvalue weighted by atomic mass is 9.90. The average molecular weight is 301 g/mol. The number of rotatable bonds is 5. The highest BCUT2D eigenvalue weighted by molar-refractivity contribution is 5.94. The molecule has 0 spiro atoms. The van der Waals surface area contributed by atoms with Crippen LogP contribution in [0.2, 0.25) is 0 Å². The molecule has 1 aliphatic carbocycles. The van der Waals surface area contributed by atoms with Gasteiger partial charge in [0.2, 0.25) is 0 Å². The number of hydrogen-bond acceptors (Lipinski definition) is 2. The summed E-state index contributed by atoms with van der Waals surface area (Å²) in [7, 11) is 1.91. The topological polar surface area (TPSA) is 29.5 Å². The largest absolute Gasteiger partial charge is 0.378 e.